The van der Waals surface area contributed by atoms with Crippen molar-refractivity contribution < 1.29 is 28.8 Å². The third kappa shape index (κ3) is 6.63. The molecule has 0 aliphatic heterocycles. The minimum Gasteiger partial charge on any atom is -0.293 e. The van der Waals surface area contributed by atoms with Crippen molar-refractivity contribution in [3.05, 3.63) is 174 Å². The number of carbonyl (C=O) groups excluding carboxylic acids is 6. The van der Waals surface area contributed by atoms with Gasteiger partial charge < -0.3 is 0 Å². The van der Waals surface area contributed by atoms with Gasteiger partial charge in [0, 0.05) is 22.3 Å². The molecule has 0 saturated heterocycles. The van der Waals surface area contributed by atoms with Crippen LogP contribution in [0, 0.1) is 11.8 Å². The SMILES string of the molecule is O=C(c1ccccc1)C(C(=O)c1ccccc1)C(=O)N(C(=O)C(C(=O)c1ccccc1)C(=O)c1ccccc1)c1ccccc1. The van der Waals surface area contributed by atoms with Gasteiger partial charge in [0.2, 0.25) is 0 Å². The number of benzene rings is 5. The average Bonchev–Trinajstić information content (AvgIpc) is 3.10. The van der Waals surface area contributed by atoms with E-state index in [0.717, 1.165) is 0 Å². The van der Waals surface area contributed by atoms with E-state index in [0.29, 0.717) is 4.90 Å². The summed E-state index contributed by atoms with van der Waals surface area (Å²) in [6, 6.07) is 38.9. The van der Waals surface area contributed by atoms with Crippen molar-refractivity contribution in [2.75, 3.05) is 4.90 Å². The molecular formula is C38H27NO6. The van der Waals surface area contributed by atoms with E-state index < -0.39 is 46.8 Å². The first kappa shape index (κ1) is 30.4. The Balaban J connectivity index is 1.67. The number of rotatable bonds is 11. The first-order chi connectivity index (χ1) is 21.9. The van der Waals surface area contributed by atoms with Crippen LogP contribution in [0.1, 0.15) is 41.4 Å². The lowest BCUT2D eigenvalue weighted by atomic mass is 9.86. The van der Waals surface area contributed by atoms with Gasteiger partial charge in [0.1, 0.15) is 0 Å². The minimum atomic E-state index is -1.99. The lowest BCUT2D eigenvalue weighted by Gasteiger charge is -2.28. The Morgan fingerprint density at radius 3 is 0.800 bits per heavy atom. The molecule has 0 heterocycles. The van der Waals surface area contributed by atoms with E-state index in [-0.39, 0.29) is 27.9 Å². The second-order valence-corrected chi connectivity index (χ2v) is 10.1. The topological polar surface area (TPSA) is 106 Å². The molecule has 0 aromatic heterocycles. The number of amides is 2. The Labute approximate surface area is 259 Å². The molecular weight excluding hydrogens is 566 g/mol. The number of hydrogen-bond donors (Lipinski definition) is 0. The molecule has 45 heavy (non-hydrogen) atoms. The zero-order valence-electron chi connectivity index (χ0n) is 24.0. The summed E-state index contributed by atoms with van der Waals surface area (Å²) in [6.45, 7) is 0. The van der Waals surface area contributed by atoms with Gasteiger partial charge in [0.15, 0.2) is 35.0 Å². The van der Waals surface area contributed by atoms with Gasteiger partial charge in [-0.1, -0.05) is 140 Å². The number of para-hydroxylation sites is 1. The summed E-state index contributed by atoms with van der Waals surface area (Å²) in [6.07, 6.45) is 0. The van der Waals surface area contributed by atoms with E-state index in [1.54, 1.807) is 91.0 Å². The summed E-state index contributed by atoms with van der Waals surface area (Å²) < 4.78 is 0. The number of Topliss-reactive ketones (excluding diaryl/α,β-unsaturated/α-hetero) is 4. The van der Waals surface area contributed by atoms with Crippen molar-refractivity contribution >= 4 is 40.6 Å². The van der Waals surface area contributed by atoms with Crippen LogP contribution >= 0.6 is 0 Å². The molecule has 0 saturated carbocycles. The van der Waals surface area contributed by atoms with Crippen LogP contribution in [-0.4, -0.2) is 34.9 Å². The van der Waals surface area contributed by atoms with Gasteiger partial charge in [0.05, 0.1) is 5.69 Å². The molecule has 5 aromatic rings. The molecule has 7 nitrogen and oxygen atoms in total. The summed E-state index contributed by atoms with van der Waals surface area (Å²) in [5, 5.41) is 0. The standard InChI is InChI=1S/C38H27NO6/c40-33(26-16-6-1-7-17-26)31(34(41)27-18-8-2-9-19-27)37(44)39(30-24-14-5-15-25-30)38(45)32(35(42)28-20-10-3-11-21-28)36(43)29-22-12-4-13-23-29/h1-25,31-32H. The van der Waals surface area contributed by atoms with Gasteiger partial charge in [-0.25, -0.2) is 4.90 Å². The third-order valence-corrected chi connectivity index (χ3v) is 7.23. The van der Waals surface area contributed by atoms with Crippen LogP contribution in [0.5, 0.6) is 0 Å². The highest BCUT2D eigenvalue weighted by Gasteiger charge is 2.45. The molecule has 5 rings (SSSR count). The van der Waals surface area contributed by atoms with Gasteiger partial charge >= 0.3 is 0 Å². The summed E-state index contributed by atoms with van der Waals surface area (Å²) in [5.41, 5.74) is 0.317. The molecule has 0 N–H and O–H groups in total. The van der Waals surface area contributed by atoms with E-state index in [9.17, 15) is 28.8 Å². The number of nitrogens with zero attached hydrogens (tertiary/aromatic N) is 1. The molecule has 0 bridgehead atoms. The van der Waals surface area contributed by atoms with E-state index in [2.05, 4.69) is 0 Å². The summed E-state index contributed by atoms with van der Waals surface area (Å²) in [5.74, 6) is -9.66. The van der Waals surface area contributed by atoms with Crippen LogP contribution in [-0.2, 0) is 9.59 Å². The Hall–Kier alpha value is -6.08. The molecule has 0 radical (unpaired) electrons. The largest absolute Gasteiger partial charge is 0.293 e. The van der Waals surface area contributed by atoms with E-state index in [1.165, 1.54) is 60.7 Å². The molecule has 0 atom stereocenters. The van der Waals surface area contributed by atoms with E-state index in [1.807, 2.05) is 0 Å². The quantitative estimate of drug-likeness (QED) is 0.131. The summed E-state index contributed by atoms with van der Waals surface area (Å²) in [4.78, 5) is 85.5. The van der Waals surface area contributed by atoms with Crippen molar-refractivity contribution in [3.8, 4) is 0 Å². The Morgan fingerprint density at radius 2 is 0.556 bits per heavy atom. The molecule has 0 aliphatic rings. The molecule has 0 fully saturated rings. The lowest BCUT2D eigenvalue weighted by Crippen LogP contribution is -2.51. The normalized spacial score (nSPS) is 10.7. The number of ketones is 4. The molecule has 220 valence electrons. The summed E-state index contributed by atoms with van der Waals surface area (Å²) >= 11 is 0. The van der Waals surface area contributed by atoms with Crippen LogP contribution in [0.2, 0.25) is 0 Å². The number of anilines is 1. The van der Waals surface area contributed by atoms with Gasteiger partial charge in [-0.2, -0.15) is 0 Å². The maximum atomic E-state index is 14.6. The predicted molar refractivity (Wildman–Crippen MR) is 169 cm³/mol. The smallest absolute Gasteiger partial charge is 0.252 e. The number of imide groups is 1. The third-order valence-electron chi connectivity index (χ3n) is 7.23. The highest BCUT2D eigenvalue weighted by atomic mass is 16.2. The fraction of sp³-hybridized carbons (Fsp3) is 0.0526. The van der Waals surface area contributed by atoms with Crippen molar-refractivity contribution in [1.82, 2.24) is 0 Å². The minimum absolute atomic E-state index is 0.00838. The van der Waals surface area contributed by atoms with Gasteiger partial charge in [-0.15, -0.1) is 0 Å². The van der Waals surface area contributed by atoms with Crippen molar-refractivity contribution in [1.29, 1.82) is 0 Å². The average molecular weight is 594 g/mol. The number of carbonyl (C=O) groups is 6. The first-order valence-corrected chi connectivity index (χ1v) is 14.2. The molecule has 0 aliphatic carbocycles. The molecule has 0 spiro atoms. The lowest BCUT2D eigenvalue weighted by molar-refractivity contribution is -0.127. The highest BCUT2D eigenvalue weighted by Crippen LogP contribution is 2.27. The second-order valence-electron chi connectivity index (χ2n) is 10.1. The van der Waals surface area contributed by atoms with Crippen molar-refractivity contribution in [2.24, 2.45) is 11.8 Å². The first-order valence-electron chi connectivity index (χ1n) is 14.2. The second kappa shape index (κ2) is 13.9. The zero-order chi connectivity index (χ0) is 31.8. The number of hydrogen-bond acceptors (Lipinski definition) is 6. The van der Waals surface area contributed by atoms with Crippen LogP contribution < -0.4 is 4.90 Å². The molecule has 5 aromatic carbocycles. The highest BCUT2D eigenvalue weighted by molar-refractivity contribution is 6.39. The Kier molecular flexibility index (Phi) is 9.40. The van der Waals surface area contributed by atoms with E-state index >= 15 is 0 Å². The van der Waals surface area contributed by atoms with Gasteiger partial charge in [-0.3, -0.25) is 28.8 Å². The summed E-state index contributed by atoms with van der Waals surface area (Å²) in [7, 11) is 0. The van der Waals surface area contributed by atoms with Crippen LogP contribution in [0.25, 0.3) is 0 Å². The fourth-order valence-electron chi connectivity index (χ4n) is 4.96. The monoisotopic (exact) mass is 593 g/mol. The van der Waals surface area contributed by atoms with E-state index in [4.69, 9.17) is 0 Å². The van der Waals surface area contributed by atoms with Crippen LogP contribution in [0.15, 0.2) is 152 Å². The maximum Gasteiger partial charge on any atom is 0.252 e. The van der Waals surface area contributed by atoms with Crippen LogP contribution in [0.3, 0.4) is 0 Å². The van der Waals surface area contributed by atoms with Crippen LogP contribution in [0.4, 0.5) is 5.69 Å². The van der Waals surface area contributed by atoms with Crippen molar-refractivity contribution in [2.45, 2.75) is 0 Å². The Morgan fingerprint density at radius 1 is 0.333 bits per heavy atom. The molecule has 2 amide bonds. The fourth-order valence-corrected chi connectivity index (χ4v) is 4.96. The van der Waals surface area contributed by atoms with Gasteiger partial charge in [0.25, 0.3) is 11.8 Å². The Bertz CT molecular complexity index is 1620. The van der Waals surface area contributed by atoms with Crippen molar-refractivity contribution in [3.63, 3.8) is 0 Å². The van der Waals surface area contributed by atoms with Gasteiger partial charge in [-0.05, 0) is 12.1 Å². The molecule has 7 heteroatoms. The molecule has 0 unspecified atom stereocenters. The maximum absolute atomic E-state index is 14.6. The zero-order valence-corrected chi connectivity index (χ0v) is 24.0. The predicted octanol–water partition coefficient (Wildman–Crippen LogP) is 6.31.